The van der Waals surface area contributed by atoms with Gasteiger partial charge in [0.25, 0.3) is 0 Å². The fourth-order valence-electron chi connectivity index (χ4n) is 2.28. The van der Waals surface area contributed by atoms with Crippen molar-refractivity contribution in [1.29, 1.82) is 0 Å². The Kier molecular flexibility index (Phi) is 4.40. The Morgan fingerprint density at radius 2 is 2.28 bits per heavy atom. The molecule has 1 fully saturated rings. The molecule has 1 N–H and O–H groups in total. The van der Waals surface area contributed by atoms with Crippen molar-refractivity contribution in [3.05, 3.63) is 34.3 Å². The summed E-state index contributed by atoms with van der Waals surface area (Å²) >= 11 is 3.48. The molecule has 0 amide bonds. The van der Waals surface area contributed by atoms with E-state index in [-0.39, 0.29) is 12.5 Å². The molecule has 0 radical (unpaired) electrons. The Hall–Kier alpha value is -0.870. The van der Waals surface area contributed by atoms with Crippen LogP contribution in [0, 0.1) is 0 Å². The molecular formula is C14H18BrNO2. The first-order chi connectivity index (χ1) is 8.58. The highest BCUT2D eigenvalue weighted by atomic mass is 79.9. The lowest BCUT2D eigenvalue weighted by molar-refractivity contribution is -0.137. The summed E-state index contributed by atoms with van der Waals surface area (Å²) in [6.45, 7) is 2.79. The summed E-state index contributed by atoms with van der Waals surface area (Å²) in [6.07, 6.45) is 2.60. The molecule has 0 heterocycles. The zero-order chi connectivity index (χ0) is 13.1. The van der Waals surface area contributed by atoms with Gasteiger partial charge < -0.3 is 5.11 Å². The van der Waals surface area contributed by atoms with Gasteiger partial charge in [-0.05, 0) is 37.5 Å². The molecule has 1 aromatic carbocycles. The summed E-state index contributed by atoms with van der Waals surface area (Å²) in [5, 5.41) is 8.83. The van der Waals surface area contributed by atoms with Crippen molar-refractivity contribution in [2.45, 2.75) is 38.3 Å². The molecule has 3 nitrogen and oxygen atoms in total. The molecule has 0 bridgehead atoms. The third-order valence-corrected chi connectivity index (χ3v) is 3.92. The van der Waals surface area contributed by atoms with Gasteiger partial charge in [-0.15, -0.1) is 0 Å². The average Bonchev–Trinajstić information content (AvgIpc) is 3.13. The third-order valence-electron chi connectivity index (χ3n) is 3.43. The zero-order valence-corrected chi connectivity index (χ0v) is 12.1. The zero-order valence-electron chi connectivity index (χ0n) is 10.5. The van der Waals surface area contributed by atoms with Crippen LogP contribution in [0.3, 0.4) is 0 Å². The van der Waals surface area contributed by atoms with E-state index in [0.29, 0.717) is 12.6 Å². The third kappa shape index (κ3) is 3.56. The van der Waals surface area contributed by atoms with Crippen LogP contribution in [0.25, 0.3) is 0 Å². The quantitative estimate of drug-likeness (QED) is 0.874. The average molecular weight is 312 g/mol. The summed E-state index contributed by atoms with van der Waals surface area (Å²) in [6, 6.07) is 9.09. The molecule has 1 aliphatic carbocycles. The van der Waals surface area contributed by atoms with Gasteiger partial charge in [0.05, 0.1) is 6.42 Å². The highest BCUT2D eigenvalue weighted by Gasteiger charge is 2.32. The van der Waals surface area contributed by atoms with Crippen LogP contribution in [0.2, 0.25) is 0 Å². The number of carboxylic acid groups (broad SMARTS) is 1. The molecule has 1 saturated carbocycles. The number of carbonyl (C=O) groups is 1. The number of hydrogen-bond donors (Lipinski definition) is 1. The molecule has 2 rings (SSSR count). The first-order valence-electron chi connectivity index (χ1n) is 6.31. The normalized spacial score (nSPS) is 16.8. The highest BCUT2D eigenvalue weighted by molar-refractivity contribution is 9.10. The second kappa shape index (κ2) is 5.85. The predicted molar refractivity (Wildman–Crippen MR) is 74.5 cm³/mol. The van der Waals surface area contributed by atoms with Crippen molar-refractivity contribution >= 4 is 21.9 Å². The fourth-order valence-corrected chi connectivity index (χ4v) is 2.70. The van der Waals surface area contributed by atoms with Gasteiger partial charge in [-0.1, -0.05) is 28.1 Å². The van der Waals surface area contributed by atoms with Crippen molar-refractivity contribution in [2.75, 3.05) is 6.54 Å². The molecule has 4 heteroatoms. The lowest BCUT2D eigenvalue weighted by Gasteiger charge is -2.29. The molecule has 1 aliphatic rings. The van der Waals surface area contributed by atoms with Crippen LogP contribution in [0.4, 0.5) is 0 Å². The van der Waals surface area contributed by atoms with Crippen LogP contribution in [0.5, 0.6) is 0 Å². The first kappa shape index (κ1) is 13.6. The lowest BCUT2D eigenvalue weighted by Crippen LogP contribution is -2.31. The molecule has 0 aromatic heterocycles. The number of halogens is 1. The Balaban J connectivity index is 2.07. The summed E-state index contributed by atoms with van der Waals surface area (Å²) in [5.41, 5.74) is 1.24. The smallest absolute Gasteiger partial charge is 0.304 e. The topological polar surface area (TPSA) is 40.5 Å². The molecule has 18 heavy (non-hydrogen) atoms. The Morgan fingerprint density at radius 3 is 2.83 bits per heavy atom. The monoisotopic (exact) mass is 311 g/mol. The van der Waals surface area contributed by atoms with E-state index >= 15 is 0 Å². The number of benzene rings is 1. The van der Waals surface area contributed by atoms with Gasteiger partial charge in [0, 0.05) is 23.1 Å². The van der Waals surface area contributed by atoms with Crippen molar-refractivity contribution in [3.8, 4) is 0 Å². The van der Waals surface area contributed by atoms with Gasteiger partial charge in [0.2, 0.25) is 0 Å². The molecule has 0 spiro atoms. The number of hydrogen-bond acceptors (Lipinski definition) is 2. The van der Waals surface area contributed by atoms with Crippen molar-refractivity contribution in [3.63, 3.8) is 0 Å². The van der Waals surface area contributed by atoms with Gasteiger partial charge in [0.15, 0.2) is 0 Å². The van der Waals surface area contributed by atoms with E-state index in [1.807, 2.05) is 12.1 Å². The Morgan fingerprint density at radius 1 is 1.56 bits per heavy atom. The summed E-state index contributed by atoms with van der Waals surface area (Å²) < 4.78 is 1.07. The van der Waals surface area contributed by atoms with Crippen LogP contribution < -0.4 is 0 Å². The molecular weight excluding hydrogens is 294 g/mol. The molecule has 1 atom stereocenters. The number of nitrogens with zero attached hydrogens (tertiary/aromatic N) is 1. The van der Waals surface area contributed by atoms with Crippen LogP contribution in [0.1, 0.15) is 37.8 Å². The maximum atomic E-state index is 10.7. The molecule has 98 valence electrons. The van der Waals surface area contributed by atoms with E-state index in [1.54, 1.807) is 0 Å². The lowest BCUT2D eigenvalue weighted by atomic mass is 10.1. The van der Waals surface area contributed by atoms with Crippen LogP contribution >= 0.6 is 15.9 Å². The van der Waals surface area contributed by atoms with E-state index < -0.39 is 5.97 Å². The van der Waals surface area contributed by atoms with Gasteiger partial charge in [-0.25, -0.2) is 0 Å². The maximum Gasteiger partial charge on any atom is 0.304 e. The van der Waals surface area contributed by atoms with Crippen molar-refractivity contribution in [2.24, 2.45) is 0 Å². The second-order valence-corrected chi connectivity index (χ2v) is 5.76. The fraction of sp³-hybridized carbons (Fsp3) is 0.500. The maximum absolute atomic E-state index is 10.7. The van der Waals surface area contributed by atoms with Crippen molar-refractivity contribution < 1.29 is 9.90 Å². The minimum Gasteiger partial charge on any atom is -0.481 e. The summed E-state index contributed by atoms with van der Waals surface area (Å²) in [5.74, 6) is -0.720. The molecule has 1 aromatic rings. The number of rotatable bonds is 6. The predicted octanol–water partition coefficient (Wildman–Crippen LogP) is 3.45. The minimum atomic E-state index is -0.720. The van der Waals surface area contributed by atoms with E-state index in [0.717, 1.165) is 4.47 Å². The van der Waals surface area contributed by atoms with Gasteiger partial charge in [-0.2, -0.15) is 0 Å². The van der Waals surface area contributed by atoms with E-state index in [4.69, 9.17) is 5.11 Å². The molecule has 1 unspecified atom stereocenters. The van der Waals surface area contributed by atoms with Gasteiger partial charge >= 0.3 is 5.97 Å². The number of aliphatic carboxylic acids is 1. The SMILES string of the molecule is CC(c1cccc(Br)c1)N(CCC(=O)O)C1CC1. The summed E-state index contributed by atoms with van der Waals surface area (Å²) in [4.78, 5) is 13.0. The van der Waals surface area contributed by atoms with E-state index in [2.05, 4.69) is 39.9 Å². The van der Waals surface area contributed by atoms with E-state index in [1.165, 1.54) is 18.4 Å². The largest absolute Gasteiger partial charge is 0.481 e. The van der Waals surface area contributed by atoms with Crippen LogP contribution in [-0.2, 0) is 4.79 Å². The summed E-state index contributed by atoms with van der Waals surface area (Å²) in [7, 11) is 0. The first-order valence-corrected chi connectivity index (χ1v) is 7.10. The van der Waals surface area contributed by atoms with Crippen LogP contribution in [0.15, 0.2) is 28.7 Å². The highest BCUT2D eigenvalue weighted by Crippen LogP contribution is 2.34. The second-order valence-electron chi connectivity index (χ2n) is 4.84. The van der Waals surface area contributed by atoms with E-state index in [9.17, 15) is 4.79 Å². The Bertz CT molecular complexity index is 432. The number of carboxylic acids is 1. The molecule has 0 saturated heterocycles. The standard InChI is InChI=1S/C14H18BrNO2/c1-10(11-3-2-4-12(15)9-11)16(13-5-6-13)8-7-14(17)18/h2-4,9-10,13H,5-8H2,1H3,(H,17,18). The Labute approximate surface area is 116 Å². The van der Waals surface area contributed by atoms with Gasteiger partial charge in [0.1, 0.15) is 0 Å². The van der Waals surface area contributed by atoms with Crippen molar-refractivity contribution in [1.82, 2.24) is 4.90 Å². The van der Waals surface area contributed by atoms with Gasteiger partial charge in [-0.3, -0.25) is 9.69 Å². The minimum absolute atomic E-state index is 0.217. The van der Waals surface area contributed by atoms with Crippen LogP contribution in [-0.4, -0.2) is 28.6 Å². The molecule has 0 aliphatic heterocycles.